The monoisotopic (exact) mass is 297 g/mol. The lowest BCUT2D eigenvalue weighted by atomic mass is 9.90. The molecular formula is C18H24AlNO. The number of benzene rings is 2. The molecule has 2 rings (SSSR count). The fourth-order valence-electron chi connectivity index (χ4n) is 2.03. The minimum Gasteiger partial charge on any atom is -0.348 e. The van der Waals surface area contributed by atoms with Crippen LogP contribution in [0.15, 0.2) is 60.7 Å². The molecule has 1 amide bonds. The largest absolute Gasteiger partial charge is 0.348 e. The van der Waals surface area contributed by atoms with Gasteiger partial charge in [0.1, 0.15) is 0 Å². The Balaban J connectivity index is 0.000000677. The van der Waals surface area contributed by atoms with E-state index in [1.54, 1.807) is 19.0 Å². The molecule has 110 valence electrons. The number of carbonyl (C=O) groups excluding carboxylic acids is 1. The van der Waals surface area contributed by atoms with Gasteiger partial charge in [-0.3, -0.25) is 4.79 Å². The Bertz CT molecular complexity index is 486. The predicted octanol–water partition coefficient (Wildman–Crippen LogP) is 3.43. The Morgan fingerprint density at radius 3 is 1.48 bits per heavy atom. The summed E-state index contributed by atoms with van der Waals surface area (Å²) in [6, 6.07) is 19.8. The number of likely N-dealkylation sites (N-methyl/N-ethyl adjacent to an activating group) is 1. The Kier molecular flexibility index (Phi) is 7.82. The highest BCUT2D eigenvalue weighted by molar-refractivity contribution is 6.31. The van der Waals surface area contributed by atoms with Crippen LogP contribution in [0.25, 0.3) is 0 Å². The van der Waals surface area contributed by atoms with Crippen molar-refractivity contribution < 1.29 is 4.79 Å². The fourth-order valence-corrected chi connectivity index (χ4v) is 2.03. The molecule has 0 aromatic heterocycles. The third kappa shape index (κ3) is 5.38. The predicted molar refractivity (Wildman–Crippen MR) is 92.3 cm³/mol. The van der Waals surface area contributed by atoms with Crippen LogP contribution in [-0.4, -0.2) is 40.1 Å². The first kappa shape index (κ1) is 17.5. The summed E-state index contributed by atoms with van der Waals surface area (Å²) in [4.78, 5) is 14.0. The van der Waals surface area contributed by atoms with E-state index in [0.717, 1.165) is 11.1 Å². The molecule has 0 heterocycles. The SMILES string of the molecule is CN(C)C(=O)C(c1ccccc1)c1ccccc1.[CH3][AlH][CH3]. The molecule has 0 aliphatic rings. The van der Waals surface area contributed by atoms with Crippen LogP contribution in [0.4, 0.5) is 0 Å². The zero-order valence-corrected chi connectivity index (χ0v) is 14.8. The number of hydrogen-bond acceptors (Lipinski definition) is 1. The first-order chi connectivity index (χ1) is 10.1. The summed E-state index contributed by atoms with van der Waals surface area (Å²) in [6.45, 7) is 0. The van der Waals surface area contributed by atoms with Crippen LogP contribution in [0, 0.1) is 0 Å². The van der Waals surface area contributed by atoms with E-state index < -0.39 is 0 Å². The van der Waals surface area contributed by atoms with Crippen LogP contribution in [0.2, 0.25) is 11.6 Å². The Labute approximate surface area is 134 Å². The second-order valence-corrected chi connectivity index (χ2v) is 6.61. The van der Waals surface area contributed by atoms with Gasteiger partial charge in [0.05, 0.1) is 5.92 Å². The number of nitrogens with zero attached hydrogens (tertiary/aromatic N) is 1. The lowest BCUT2D eigenvalue weighted by molar-refractivity contribution is -0.129. The maximum absolute atomic E-state index is 12.4. The van der Waals surface area contributed by atoms with Crippen molar-refractivity contribution >= 4 is 21.1 Å². The lowest BCUT2D eigenvalue weighted by Gasteiger charge is -2.21. The van der Waals surface area contributed by atoms with Crippen molar-refractivity contribution in [2.75, 3.05) is 14.1 Å². The first-order valence-electron chi connectivity index (χ1n) is 7.42. The van der Waals surface area contributed by atoms with E-state index in [-0.39, 0.29) is 11.8 Å². The van der Waals surface area contributed by atoms with E-state index in [4.69, 9.17) is 0 Å². The van der Waals surface area contributed by atoms with Gasteiger partial charge in [0.2, 0.25) is 21.1 Å². The van der Waals surface area contributed by atoms with Crippen molar-refractivity contribution in [3.63, 3.8) is 0 Å². The van der Waals surface area contributed by atoms with Gasteiger partial charge < -0.3 is 4.90 Å². The molecule has 2 aromatic carbocycles. The summed E-state index contributed by atoms with van der Waals surface area (Å²) in [7, 11) is 3.59. The summed E-state index contributed by atoms with van der Waals surface area (Å²) in [5, 5.41) is 0. The number of carbonyl (C=O) groups is 1. The van der Waals surface area contributed by atoms with Gasteiger partial charge in [0, 0.05) is 14.1 Å². The summed E-state index contributed by atoms with van der Waals surface area (Å²) in [6.07, 6.45) is 0. The average molecular weight is 297 g/mol. The third-order valence-corrected chi connectivity index (χ3v) is 2.95. The van der Waals surface area contributed by atoms with Crippen molar-refractivity contribution in [1.82, 2.24) is 4.90 Å². The second-order valence-electron chi connectivity index (χ2n) is 5.19. The summed E-state index contributed by atoms with van der Waals surface area (Å²) >= 11 is 0.417. The first-order valence-corrected chi connectivity index (χ1v) is 10.3. The molecule has 0 N–H and O–H groups in total. The zero-order chi connectivity index (χ0) is 15.7. The van der Waals surface area contributed by atoms with Crippen LogP contribution in [0.5, 0.6) is 0 Å². The van der Waals surface area contributed by atoms with Crippen LogP contribution in [0.3, 0.4) is 0 Å². The van der Waals surface area contributed by atoms with Gasteiger partial charge in [-0.15, -0.1) is 11.6 Å². The molecule has 0 unspecified atom stereocenters. The fraction of sp³-hybridized carbons (Fsp3) is 0.278. The smallest absolute Gasteiger partial charge is 0.234 e. The Morgan fingerprint density at radius 2 is 1.19 bits per heavy atom. The zero-order valence-electron chi connectivity index (χ0n) is 13.4. The van der Waals surface area contributed by atoms with Gasteiger partial charge in [-0.05, 0) is 11.1 Å². The molecule has 3 heteroatoms. The Morgan fingerprint density at radius 1 is 0.857 bits per heavy atom. The van der Waals surface area contributed by atoms with Crippen molar-refractivity contribution in [3.05, 3.63) is 71.8 Å². The molecule has 2 aromatic rings. The highest BCUT2D eigenvalue weighted by Gasteiger charge is 2.23. The van der Waals surface area contributed by atoms with Crippen LogP contribution < -0.4 is 0 Å². The van der Waals surface area contributed by atoms with Crippen LogP contribution in [0.1, 0.15) is 17.0 Å². The molecule has 0 spiro atoms. The molecule has 0 aliphatic heterocycles. The lowest BCUT2D eigenvalue weighted by Crippen LogP contribution is -2.28. The molecule has 0 fully saturated rings. The van der Waals surface area contributed by atoms with Crippen molar-refractivity contribution in [2.24, 2.45) is 0 Å². The molecule has 0 saturated heterocycles. The molecular weight excluding hydrogens is 273 g/mol. The quantitative estimate of drug-likeness (QED) is 0.795. The highest BCUT2D eigenvalue weighted by atomic mass is 27.1. The minimum absolute atomic E-state index is 0.104. The second kappa shape index (κ2) is 9.39. The van der Waals surface area contributed by atoms with Crippen LogP contribution >= 0.6 is 0 Å². The minimum atomic E-state index is -0.220. The summed E-state index contributed by atoms with van der Waals surface area (Å²) in [5.41, 5.74) is 2.06. The molecule has 2 nitrogen and oxygen atoms in total. The van der Waals surface area contributed by atoms with E-state index >= 15 is 0 Å². The molecule has 21 heavy (non-hydrogen) atoms. The van der Waals surface area contributed by atoms with E-state index in [0.29, 0.717) is 15.2 Å². The highest BCUT2D eigenvalue weighted by Crippen LogP contribution is 2.25. The van der Waals surface area contributed by atoms with Crippen LogP contribution in [-0.2, 0) is 4.79 Å². The van der Waals surface area contributed by atoms with E-state index in [1.807, 2.05) is 60.7 Å². The molecule has 0 atom stereocenters. The van der Waals surface area contributed by atoms with E-state index in [1.165, 1.54) is 0 Å². The number of rotatable bonds is 3. The standard InChI is InChI=1S/C16H17NO.2CH3.Al.H/c1-17(2)16(18)15(13-9-5-3-6-10-13)14-11-7-4-8-12-14;;;;/h3-12,15H,1-2H3;2*1H3;;. The van der Waals surface area contributed by atoms with Gasteiger partial charge in [-0.2, -0.15) is 0 Å². The molecule has 0 saturated carbocycles. The number of hydrogen-bond donors (Lipinski definition) is 0. The van der Waals surface area contributed by atoms with Gasteiger partial charge in [0.25, 0.3) is 0 Å². The third-order valence-electron chi connectivity index (χ3n) is 2.95. The van der Waals surface area contributed by atoms with Crippen molar-refractivity contribution in [2.45, 2.75) is 17.5 Å². The van der Waals surface area contributed by atoms with E-state index in [9.17, 15) is 4.79 Å². The van der Waals surface area contributed by atoms with E-state index in [2.05, 4.69) is 11.6 Å². The normalized spacial score (nSPS) is 9.57. The molecule has 0 radical (unpaired) electrons. The van der Waals surface area contributed by atoms with Gasteiger partial charge >= 0.3 is 0 Å². The summed E-state index contributed by atoms with van der Waals surface area (Å²) in [5.74, 6) is 4.41. The van der Waals surface area contributed by atoms with Crippen molar-refractivity contribution in [3.8, 4) is 0 Å². The van der Waals surface area contributed by atoms with Gasteiger partial charge in [0.15, 0.2) is 0 Å². The summed E-state index contributed by atoms with van der Waals surface area (Å²) < 4.78 is 0. The Hall–Kier alpha value is -1.56. The van der Waals surface area contributed by atoms with Gasteiger partial charge in [-0.1, -0.05) is 60.7 Å². The number of amides is 1. The maximum atomic E-state index is 12.4. The molecule has 0 bridgehead atoms. The maximum Gasteiger partial charge on any atom is 0.234 e. The molecule has 0 aliphatic carbocycles. The average Bonchev–Trinajstić information content (AvgIpc) is 2.50. The topological polar surface area (TPSA) is 20.3 Å². The van der Waals surface area contributed by atoms with Gasteiger partial charge in [-0.25, -0.2) is 0 Å². The van der Waals surface area contributed by atoms with Crippen molar-refractivity contribution in [1.29, 1.82) is 0 Å².